The summed E-state index contributed by atoms with van der Waals surface area (Å²) in [5, 5.41) is 22.7. The van der Waals surface area contributed by atoms with Gasteiger partial charge >= 0.3 is 0 Å². The fourth-order valence-corrected chi connectivity index (χ4v) is 4.53. The maximum atomic E-state index is 11.3. The molecule has 152 valence electrons. The van der Waals surface area contributed by atoms with E-state index in [4.69, 9.17) is 12.8 Å². The third-order valence-electron chi connectivity index (χ3n) is 6.24. The average Bonchev–Trinajstić information content (AvgIpc) is 3.12. The highest BCUT2D eigenvalue weighted by atomic mass is 16.3. The Morgan fingerprint density at radius 1 is 0.656 bits per heavy atom. The largest absolute Gasteiger partial charge is 0.369 e. The van der Waals surface area contributed by atoms with Crippen molar-refractivity contribution in [3.05, 3.63) is 119 Å². The second-order valence-corrected chi connectivity index (χ2v) is 7.96. The summed E-state index contributed by atoms with van der Waals surface area (Å²) in [5.74, 6) is 5.14. The van der Waals surface area contributed by atoms with E-state index in [2.05, 4.69) is 11.8 Å². The number of benzene rings is 4. The zero-order valence-electron chi connectivity index (χ0n) is 17.3. The maximum absolute atomic E-state index is 11.3. The third kappa shape index (κ3) is 2.79. The molecule has 4 aromatic rings. The van der Waals surface area contributed by atoms with E-state index >= 15 is 0 Å². The lowest BCUT2D eigenvalue weighted by molar-refractivity contribution is 0.145. The van der Waals surface area contributed by atoms with E-state index < -0.39 is 11.2 Å². The summed E-state index contributed by atoms with van der Waals surface area (Å²) in [6.07, 6.45) is 11.6. The van der Waals surface area contributed by atoms with Crippen LogP contribution in [0.4, 0.5) is 0 Å². The van der Waals surface area contributed by atoms with Crippen LogP contribution in [0.1, 0.15) is 22.3 Å². The SMILES string of the molecule is C#CC(O)(c1ccccc1)c1cccc(-c2ccc3c(c2)C(O)(C#C)c2ccccc2-3)c1. The van der Waals surface area contributed by atoms with Gasteiger partial charge in [-0.15, -0.1) is 12.8 Å². The summed E-state index contributed by atoms with van der Waals surface area (Å²) in [6.45, 7) is 0. The van der Waals surface area contributed by atoms with Crippen LogP contribution in [0.2, 0.25) is 0 Å². The molecule has 1 aliphatic rings. The molecule has 0 saturated carbocycles. The molecule has 0 heterocycles. The van der Waals surface area contributed by atoms with Crippen LogP contribution in [-0.2, 0) is 11.2 Å². The summed E-state index contributed by atoms with van der Waals surface area (Å²) in [7, 11) is 0. The molecule has 2 nitrogen and oxygen atoms in total. The lowest BCUT2D eigenvalue weighted by atomic mass is 9.85. The lowest BCUT2D eigenvalue weighted by Gasteiger charge is -2.24. The van der Waals surface area contributed by atoms with Crippen LogP contribution < -0.4 is 0 Å². The van der Waals surface area contributed by atoms with Crippen LogP contribution in [0.25, 0.3) is 22.3 Å². The Bertz CT molecular complexity index is 1420. The normalized spacial score (nSPS) is 18.0. The molecule has 0 bridgehead atoms. The number of aliphatic hydroxyl groups is 2. The number of fused-ring (bicyclic) bond motifs is 3. The van der Waals surface area contributed by atoms with Crippen molar-refractivity contribution in [2.75, 3.05) is 0 Å². The highest BCUT2D eigenvalue weighted by Crippen LogP contribution is 2.48. The molecule has 0 amide bonds. The van der Waals surface area contributed by atoms with Gasteiger partial charge in [-0.05, 0) is 34.4 Å². The van der Waals surface area contributed by atoms with Crippen LogP contribution in [-0.4, -0.2) is 10.2 Å². The van der Waals surface area contributed by atoms with Gasteiger partial charge < -0.3 is 10.2 Å². The average molecular weight is 412 g/mol. The quantitative estimate of drug-likeness (QED) is 0.461. The summed E-state index contributed by atoms with van der Waals surface area (Å²) in [6, 6.07) is 30.3. The fraction of sp³-hybridized carbons (Fsp3) is 0.0667. The summed E-state index contributed by atoms with van der Waals surface area (Å²) in [5.41, 5.74) is 3.19. The Morgan fingerprint density at radius 2 is 1.31 bits per heavy atom. The van der Waals surface area contributed by atoms with Crippen LogP contribution in [0.3, 0.4) is 0 Å². The summed E-state index contributed by atoms with van der Waals surface area (Å²) in [4.78, 5) is 0. The standard InChI is InChI=1S/C30H20O2/c1-3-29(31,23-12-6-5-7-13-23)24-14-10-11-21(19-24)22-17-18-26-25-15-8-9-16-27(25)30(32,4-2)28(26)20-22/h1-2,5-20,31-32H. The summed E-state index contributed by atoms with van der Waals surface area (Å²) < 4.78 is 0. The van der Waals surface area contributed by atoms with Gasteiger partial charge in [-0.2, -0.15) is 0 Å². The molecule has 5 rings (SSSR count). The summed E-state index contributed by atoms with van der Waals surface area (Å²) >= 11 is 0. The van der Waals surface area contributed by atoms with Gasteiger partial charge in [0.05, 0.1) is 0 Å². The molecular formula is C30H20O2. The van der Waals surface area contributed by atoms with E-state index in [-0.39, 0.29) is 0 Å². The van der Waals surface area contributed by atoms with Crippen molar-refractivity contribution >= 4 is 0 Å². The van der Waals surface area contributed by atoms with Gasteiger partial charge in [0.25, 0.3) is 0 Å². The van der Waals surface area contributed by atoms with Crippen molar-refractivity contribution < 1.29 is 10.2 Å². The van der Waals surface area contributed by atoms with Gasteiger partial charge in [-0.3, -0.25) is 0 Å². The first kappa shape index (κ1) is 19.9. The van der Waals surface area contributed by atoms with E-state index in [1.165, 1.54) is 0 Å². The lowest BCUT2D eigenvalue weighted by Crippen LogP contribution is -2.25. The van der Waals surface area contributed by atoms with E-state index in [0.717, 1.165) is 22.3 Å². The zero-order chi connectivity index (χ0) is 22.3. The van der Waals surface area contributed by atoms with Crippen LogP contribution in [0, 0.1) is 24.7 Å². The smallest absolute Gasteiger partial charge is 0.177 e. The van der Waals surface area contributed by atoms with Crippen molar-refractivity contribution in [1.29, 1.82) is 0 Å². The van der Waals surface area contributed by atoms with Gasteiger partial charge in [-0.1, -0.05) is 96.8 Å². The number of hydrogen-bond donors (Lipinski definition) is 2. The predicted octanol–water partition coefficient (Wildman–Crippen LogP) is 5.07. The topological polar surface area (TPSA) is 40.5 Å². The Kier molecular flexibility index (Phi) is 4.50. The molecule has 0 spiro atoms. The van der Waals surface area contributed by atoms with Gasteiger partial charge in [0.1, 0.15) is 0 Å². The molecule has 0 fully saturated rings. The van der Waals surface area contributed by atoms with Crippen LogP contribution in [0.15, 0.2) is 97.1 Å². The molecular weight excluding hydrogens is 392 g/mol. The number of rotatable bonds is 3. The van der Waals surface area contributed by atoms with E-state index in [9.17, 15) is 10.2 Å². The van der Waals surface area contributed by atoms with Crippen molar-refractivity contribution in [2.45, 2.75) is 11.2 Å². The minimum absolute atomic E-state index is 0.597. The molecule has 0 saturated heterocycles. The first-order valence-electron chi connectivity index (χ1n) is 10.3. The third-order valence-corrected chi connectivity index (χ3v) is 6.24. The Hall–Kier alpha value is -4.08. The van der Waals surface area contributed by atoms with Crippen molar-refractivity contribution in [2.24, 2.45) is 0 Å². The number of hydrogen-bond acceptors (Lipinski definition) is 2. The molecule has 2 N–H and O–H groups in total. The predicted molar refractivity (Wildman–Crippen MR) is 127 cm³/mol. The van der Waals surface area contributed by atoms with Gasteiger partial charge in [-0.25, -0.2) is 0 Å². The molecule has 0 aromatic heterocycles. The minimum Gasteiger partial charge on any atom is -0.369 e. The minimum atomic E-state index is -1.55. The monoisotopic (exact) mass is 412 g/mol. The van der Waals surface area contributed by atoms with Crippen molar-refractivity contribution in [1.82, 2.24) is 0 Å². The molecule has 1 aliphatic carbocycles. The highest BCUT2D eigenvalue weighted by molar-refractivity contribution is 5.84. The highest BCUT2D eigenvalue weighted by Gasteiger charge is 2.40. The van der Waals surface area contributed by atoms with Crippen LogP contribution >= 0.6 is 0 Å². The molecule has 32 heavy (non-hydrogen) atoms. The Labute approximate surface area is 187 Å². The van der Waals surface area contributed by atoms with Crippen molar-refractivity contribution in [3.8, 4) is 46.9 Å². The Balaban J connectivity index is 1.63. The van der Waals surface area contributed by atoms with E-state index in [1.54, 1.807) is 0 Å². The second kappa shape index (κ2) is 7.26. The number of terminal acetylenes is 2. The molecule has 2 unspecified atom stereocenters. The Morgan fingerprint density at radius 3 is 2.06 bits per heavy atom. The molecule has 0 aliphatic heterocycles. The van der Waals surface area contributed by atoms with Gasteiger partial charge in [0, 0.05) is 22.3 Å². The second-order valence-electron chi connectivity index (χ2n) is 7.96. The molecule has 0 radical (unpaired) electrons. The van der Waals surface area contributed by atoms with Crippen molar-refractivity contribution in [3.63, 3.8) is 0 Å². The van der Waals surface area contributed by atoms with E-state index in [0.29, 0.717) is 22.3 Å². The van der Waals surface area contributed by atoms with Gasteiger partial charge in [0.2, 0.25) is 0 Å². The zero-order valence-corrected chi connectivity index (χ0v) is 17.3. The molecule has 2 heteroatoms. The van der Waals surface area contributed by atoms with Crippen LogP contribution in [0.5, 0.6) is 0 Å². The fourth-order valence-electron chi connectivity index (χ4n) is 4.53. The first-order chi connectivity index (χ1) is 15.5. The van der Waals surface area contributed by atoms with Gasteiger partial charge in [0.15, 0.2) is 11.2 Å². The molecule has 4 aromatic carbocycles. The first-order valence-corrected chi connectivity index (χ1v) is 10.3. The molecule has 2 atom stereocenters. The van der Waals surface area contributed by atoms with E-state index in [1.807, 2.05) is 97.1 Å². The maximum Gasteiger partial charge on any atom is 0.177 e.